The Labute approximate surface area is 359 Å². The third-order valence-electron chi connectivity index (χ3n) is 10.3. The van der Waals surface area contributed by atoms with Gasteiger partial charge >= 0.3 is 27.1 Å². The van der Waals surface area contributed by atoms with Crippen LogP contribution in [0.15, 0.2) is 134 Å². The van der Waals surface area contributed by atoms with E-state index in [9.17, 15) is 0 Å². The molecule has 8 aromatic rings. The van der Waals surface area contributed by atoms with Crippen molar-refractivity contribution in [1.29, 1.82) is 0 Å². The number of rotatable bonds is 7. The fraction of sp³-hybridized carbons (Fsp3) is 0.180. The van der Waals surface area contributed by atoms with E-state index < -0.39 is 0 Å². The number of nitrogens with zero attached hydrogens (tertiary/aromatic N) is 7. The first kappa shape index (κ1) is 39.5. The minimum atomic E-state index is -0.187. The average molecular weight is 953 g/mol. The number of benzene rings is 5. The SMILES string of the molecule is C[N+]1=C=[N+](c2[c-]c(Oc3[c-]c4c(cc3-c3nc(-c5ccccc5)nc(-c5ccccc5)n3)c3cc(C(C)(C)C)ccc3n4-c3ccccn3)cc(C(C)(C)C)c2)C=C1.[Pt+2]. The zero-order valence-electron chi connectivity index (χ0n) is 34.1. The van der Waals surface area contributed by atoms with Gasteiger partial charge in [-0.15, -0.1) is 29.1 Å². The summed E-state index contributed by atoms with van der Waals surface area (Å²) in [5.74, 6) is 3.33. The molecule has 0 N–H and O–H groups in total. The van der Waals surface area contributed by atoms with Crippen molar-refractivity contribution >= 4 is 33.5 Å². The molecule has 0 amide bonds. The van der Waals surface area contributed by atoms with Crippen LogP contribution in [0.4, 0.5) is 5.69 Å². The molecular formula is C50H43N7OPt+2. The van der Waals surface area contributed by atoms with Crippen molar-refractivity contribution < 1.29 is 35.0 Å². The molecule has 3 aromatic heterocycles. The molecule has 0 saturated carbocycles. The summed E-state index contributed by atoms with van der Waals surface area (Å²) in [5, 5.41) is 2.04. The van der Waals surface area contributed by atoms with Gasteiger partial charge in [0.25, 0.3) is 6.20 Å². The van der Waals surface area contributed by atoms with Crippen molar-refractivity contribution in [2.75, 3.05) is 7.05 Å². The largest absolute Gasteiger partial charge is 2.00 e. The van der Waals surface area contributed by atoms with Crippen molar-refractivity contribution in [3.05, 3.63) is 157 Å². The summed E-state index contributed by atoms with van der Waals surface area (Å²) >= 11 is 0. The van der Waals surface area contributed by atoms with Gasteiger partial charge in [-0.2, -0.15) is 0 Å². The van der Waals surface area contributed by atoms with Crippen LogP contribution < -0.4 is 4.74 Å². The van der Waals surface area contributed by atoms with Gasteiger partial charge in [0.15, 0.2) is 18.7 Å². The number of pyridine rings is 1. The first-order valence-corrected chi connectivity index (χ1v) is 19.5. The molecule has 0 unspecified atom stereocenters. The molecule has 0 radical (unpaired) electrons. The molecule has 0 spiro atoms. The van der Waals surface area contributed by atoms with Crippen LogP contribution >= 0.6 is 0 Å². The molecule has 1 aliphatic rings. The molecule has 0 saturated heterocycles. The summed E-state index contributed by atoms with van der Waals surface area (Å²) in [5.41, 5.74) is 7.09. The number of fused-ring (bicyclic) bond motifs is 3. The Morgan fingerprint density at radius 1 is 0.644 bits per heavy atom. The molecule has 8 nitrogen and oxygen atoms in total. The maximum Gasteiger partial charge on any atom is 2.00 e. The number of hydrogen-bond donors (Lipinski definition) is 0. The minimum absolute atomic E-state index is 0. The Balaban J connectivity index is 0.00000484. The molecule has 0 bridgehead atoms. The first-order chi connectivity index (χ1) is 27.9. The van der Waals surface area contributed by atoms with Crippen molar-refractivity contribution in [3.8, 4) is 51.5 Å². The second-order valence-corrected chi connectivity index (χ2v) is 16.7. The topological polar surface area (TPSA) is 71.7 Å². The van der Waals surface area contributed by atoms with Crippen LogP contribution in [-0.2, 0) is 31.9 Å². The predicted molar refractivity (Wildman–Crippen MR) is 230 cm³/mol. The molecule has 5 aromatic carbocycles. The Morgan fingerprint density at radius 2 is 1.29 bits per heavy atom. The van der Waals surface area contributed by atoms with Crippen LogP contribution in [0, 0.1) is 12.1 Å². The van der Waals surface area contributed by atoms with E-state index in [0.29, 0.717) is 34.5 Å². The smallest absolute Gasteiger partial charge is 0.508 e. The molecule has 0 atom stereocenters. The van der Waals surface area contributed by atoms with Gasteiger partial charge in [0, 0.05) is 34.3 Å². The van der Waals surface area contributed by atoms with Crippen molar-refractivity contribution in [3.63, 3.8) is 0 Å². The summed E-state index contributed by atoms with van der Waals surface area (Å²) in [6.07, 6.45) is 5.73. The Morgan fingerprint density at radius 3 is 1.88 bits per heavy atom. The molecule has 9 rings (SSSR count). The third kappa shape index (κ3) is 7.82. The Kier molecular flexibility index (Phi) is 10.3. The van der Waals surface area contributed by atoms with Crippen LogP contribution in [0.25, 0.3) is 61.8 Å². The van der Waals surface area contributed by atoms with Crippen molar-refractivity contribution in [2.45, 2.75) is 52.4 Å². The third-order valence-corrected chi connectivity index (χ3v) is 10.3. The minimum Gasteiger partial charge on any atom is -0.508 e. The van der Waals surface area contributed by atoms with E-state index in [1.165, 1.54) is 5.56 Å². The van der Waals surface area contributed by atoms with Gasteiger partial charge in [0.2, 0.25) is 6.20 Å². The summed E-state index contributed by atoms with van der Waals surface area (Å²) in [7, 11) is 1.95. The average Bonchev–Trinajstić information content (AvgIpc) is 3.81. The molecule has 1 aliphatic heterocycles. The molecular weight excluding hydrogens is 910 g/mol. The van der Waals surface area contributed by atoms with E-state index in [2.05, 4.69) is 101 Å². The van der Waals surface area contributed by atoms with Gasteiger partial charge in [-0.1, -0.05) is 147 Å². The monoisotopic (exact) mass is 952 g/mol. The number of aromatic nitrogens is 5. The van der Waals surface area contributed by atoms with E-state index >= 15 is 0 Å². The second kappa shape index (κ2) is 15.4. The van der Waals surface area contributed by atoms with Crippen LogP contribution in [0.2, 0.25) is 0 Å². The standard InChI is InChI=1S/C50H43N7O.Pt/c1-49(2,3)35-21-22-42-39(28-35)40-30-41(48-53-46(33-16-10-8-11-17-33)52-47(54-48)34-18-12-9-13-19-34)44(31-43(40)57(42)45-20-14-15-23-51-45)58-38-27-36(50(4,5)6)26-37(29-38)56-25-24-55(7)32-56;/h8-28,30H,1-7H3;/q;+2. The molecule has 9 heteroatoms. The summed E-state index contributed by atoms with van der Waals surface area (Å²) in [6, 6.07) is 49.6. The van der Waals surface area contributed by atoms with E-state index in [1.807, 2.05) is 114 Å². The van der Waals surface area contributed by atoms with Gasteiger partial charge in [-0.3, -0.25) is 0 Å². The van der Waals surface area contributed by atoms with E-state index in [1.54, 1.807) is 0 Å². The van der Waals surface area contributed by atoms with E-state index in [0.717, 1.165) is 50.0 Å². The molecule has 59 heavy (non-hydrogen) atoms. The summed E-state index contributed by atoms with van der Waals surface area (Å²) in [4.78, 5) is 20.2. The van der Waals surface area contributed by atoms with Crippen LogP contribution in [0.5, 0.6) is 11.5 Å². The van der Waals surface area contributed by atoms with Crippen LogP contribution in [0.3, 0.4) is 0 Å². The Hall–Kier alpha value is -6.33. The zero-order chi connectivity index (χ0) is 40.2. The first-order valence-electron chi connectivity index (χ1n) is 19.5. The molecule has 0 fully saturated rings. The summed E-state index contributed by atoms with van der Waals surface area (Å²) < 4.78 is 13.0. The van der Waals surface area contributed by atoms with Crippen molar-refractivity contribution in [2.24, 2.45) is 0 Å². The molecule has 0 aliphatic carbocycles. The predicted octanol–water partition coefficient (Wildman–Crippen LogP) is 11.3. The fourth-order valence-electron chi connectivity index (χ4n) is 7.13. The molecule has 292 valence electrons. The van der Waals surface area contributed by atoms with Gasteiger partial charge in [-0.25, -0.2) is 19.9 Å². The summed E-state index contributed by atoms with van der Waals surface area (Å²) in [6.45, 7) is 13.3. The quantitative estimate of drug-likeness (QED) is 0.118. The second-order valence-electron chi connectivity index (χ2n) is 16.7. The number of ether oxygens (including phenoxy) is 1. The van der Waals surface area contributed by atoms with Gasteiger partial charge < -0.3 is 9.30 Å². The Bertz CT molecular complexity index is 2910. The van der Waals surface area contributed by atoms with Gasteiger partial charge in [-0.05, 0) is 45.5 Å². The van der Waals surface area contributed by atoms with Crippen LogP contribution in [-0.4, -0.2) is 46.7 Å². The van der Waals surface area contributed by atoms with Crippen molar-refractivity contribution in [1.82, 2.24) is 24.5 Å². The zero-order valence-corrected chi connectivity index (χ0v) is 36.3. The normalized spacial score (nSPS) is 12.7. The van der Waals surface area contributed by atoms with Gasteiger partial charge in [0.1, 0.15) is 17.3 Å². The maximum atomic E-state index is 7.05. The fourth-order valence-corrected chi connectivity index (χ4v) is 7.13. The van der Waals surface area contributed by atoms with Crippen LogP contribution in [0.1, 0.15) is 52.7 Å². The van der Waals surface area contributed by atoms with E-state index in [-0.39, 0.29) is 31.9 Å². The molecule has 4 heterocycles. The maximum absolute atomic E-state index is 7.05. The number of hydrogen-bond acceptors (Lipinski definition) is 5. The van der Waals surface area contributed by atoms with Gasteiger partial charge in [0.05, 0.1) is 0 Å². The van der Waals surface area contributed by atoms with E-state index in [4.69, 9.17) is 24.7 Å².